The molecule has 72 valence electrons. The van der Waals surface area contributed by atoms with Crippen molar-refractivity contribution in [2.75, 3.05) is 5.73 Å². The van der Waals surface area contributed by atoms with Crippen molar-refractivity contribution in [1.29, 1.82) is 0 Å². The van der Waals surface area contributed by atoms with Gasteiger partial charge in [0.1, 0.15) is 11.6 Å². The fraction of sp³-hybridized carbons (Fsp3) is 0. The molecule has 0 saturated heterocycles. The normalized spacial score (nSPS) is 10.8. The molecule has 14 heavy (non-hydrogen) atoms. The molecule has 0 atom stereocenters. The second-order valence-electron chi connectivity index (χ2n) is 2.81. The Morgan fingerprint density at radius 1 is 1.29 bits per heavy atom. The highest BCUT2D eigenvalue weighted by molar-refractivity contribution is 6.37. The Kier molecular flexibility index (Phi) is 2.00. The average Bonchev–Trinajstić information content (AvgIpc) is 2.10. The van der Waals surface area contributed by atoms with Crippen LogP contribution in [-0.2, 0) is 0 Å². The number of hydrogen-bond donors (Lipinski definition) is 1. The van der Waals surface area contributed by atoms with Crippen LogP contribution in [0.5, 0.6) is 0 Å². The number of fused-ring (bicyclic) bond motifs is 1. The Hall–Kier alpha value is -1.42. The lowest BCUT2D eigenvalue weighted by atomic mass is 10.2. The van der Waals surface area contributed by atoms with Crippen molar-refractivity contribution in [2.45, 2.75) is 0 Å². The molecule has 2 N–H and O–H groups in total. The molecule has 0 unspecified atom stereocenters. The monoisotopic (exact) mass is 214 g/mol. The Bertz CT molecular complexity index is 514. The molecule has 0 aliphatic heterocycles. The minimum absolute atomic E-state index is 0.0491. The van der Waals surface area contributed by atoms with E-state index in [-0.39, 0.29) is 21.6 Å². The highest BCUT2D eigenvalue weighted by atomic mass is 35.5. The van der Waals surface area contributed by atoms with E-state index < -0.39 is 11.6 Å². The van der Waals surface area contributed by atoms with Gasteiger partial charge in [-0.1, -0.05) is 11.6 Å². The van der Waals surface area contributed by atoms with Crippen molar-refractivity contribution in [2.24, 2.45) is 0 Å². The zero-order valence-corrected chi connectivity index (χ0v) is 7.65. The van der Waals surface area contributed by atoms with Crippen LogP contribution in [0.4, 0.5) is 14.5 Å². The molecule has 0 spiro atoms. The third kappa shape index (κ3) is 1.28. The van der Waals surface area contributed by atoms with Crippen molar-refractivity contribution in [3.8, 4) is 0 Å². The zero-order valence-electron chi connectivity index (χ0n) is 6.89. The summed E-state index contributed by atoms with van der Waals surface area (Å²) >= 11 is 5.76. The largest absolute Gasteiger partial charge is 0.396 e. The Labute approximate surface area is 83.3 Å². The lowest BCUT2D eigenvalue weighted by Gasteiger charge is -2.03. The quantitative estimate of drug-likeness (QED) is 0.732. The first-order chi connectivity index (χ1) is 6.59. The summed E-state index contributed by atoms with van der Waals surface area (Å²) in [5.41, 5.74) is 5.76. The van der Waals surface area contributed by atoms with Gasteiger partial charge in [-0.3, -0.25) is 4.98 Å². The van der Waals surface area contributed by atoms with Crippen LogP contribution in [0.15, 0.2) is 18.3 Å². The molecule has 0 radical (unpaired) electrons. The number of halogens is 3. The zero-order chi connectivity index (χ0) is 10.3. The molecular formula is C9H5ClF2N2. The number of nitrogens with zero attached hydrogens (tertiary/aromatic N) is 1. The number of hydrogen-bond acceptors (Lipinski definition) is 2. The topological polar surface area (TPSA) is 38.9 Å². The SMILES string of the molecule is Nc1cnc2cc(F)cc(F)c2c1Cl. The van der Waals surface area contributed by atoms with Crippen LogP contribution < -0.4 is 5.73 Å². The molecule has 1 aromatic heterocycles. The number of nitrogen functional groups attached to an aromatic ring is 1. The Morgan fingerprint density at radius 3 is 2.71 bits per heavy atom. The standard InChI is InChI=1S/C9H5ClF2N2/c10-9-6(13)3-14-7-2-4(11)1-5(12)8(7)9/h1-3H,13H2. The van der Waals surface area contributed by atoms with Gasteiger partial charge in [0, 0.05) is 12.1 Å². The van der Waals surface area contributed by atoms with Gasteiger partial charge in [-0.25, -0.2) is 8.78 Å². The second kappa shape index (κ2) is 3.06. The second-order valence-corrected chi connectivity index (χ2v) is 3.19. The molecule has 0 aliphatic rings. The summed E-state index contributed by atoms with van der Waals surface area (Å²) in [4.78, 5) is 3.77. The molecule has 0 aliphatic carbocycles. The number of rotatable bonds is 0. The van der Waals surface area contributed by atoms with Crippen LogP contribution in [0.1, 0.15) is 0 Å². The van der Waals surface area contributed by atoms with Crippen LogP contribution in [0.2, 0.25) is 5.02 Å². The summed E-state index contributed by atoms with van der Waals surface area (Å²) in [5, 5.41) is 0.112. The van der Waals surface area contributed by atoms with Crippen molar-refractivity contribution in [3.05, 3.63) is 35.0 Å². The Balaban J connectivity index is 2.95. The van der Waals surface area contributed by atoms with Gasteiger partial charge in [0.05, 0.1) is 27.8 Å². The van der Waals surface area contributed by atoms with Crippen LogP contribution in [0.25, 0.3) is 10.9 Å². The lowest BCUT2D eigenvalue weighted by Crippen LogP contribution is -1.93. The first kappa shape index (κ1) is 9.15. The first-order valence-electron chi connectivity index (χ1n) is 3.78. The van der Waals surface area contributed by atoms with Gasteiger partial charge >= 0.3 is 0 Å². The summed E-state index contributed by atoms with van der Waals surface area (Å²) in [6.45, 7) is 0. The molecule has 2 aromatic rings. The smallest absolute Gasteiger partial charge is 0.137 e. The van der Waals surface area contributed by atoms with Crippen LogP contribution in [-0.4, -0.2) is 4.98 Å². The van der Waals surface area contributed by atoms with Gasteiger partial charge in [0.25, 0.3) is 0 Å². The van der Waals surface area contributed by atoms with E-state index in [1.807, 2.05) is 0 Å². The van der Waals surface area contributed by atoms with Crippen LogP contribution in [0, 0.1) is 11.6 Å². The number of aromatic nitrogens is 1. The molecule has 5 heteroatoms. The summed E-state index contributed by atoms with van der Waals surface area (Å²) in [6.07, 6.45) is 1.27. The average molecular weight is 215 g/mol. The van der Waals surface area contributed by atoms with Crippen LogP contribution in [0.3, 0.4) is 0 Å². The number of anilines is 1. The number of pyridine rings is 1. The third-order valence-electron chi connectivity index (χ3n) is 1.85. The maximum absolute atomic E-state index is 13.3. The predicted octanol–water partition coefficient (Wildman–Crippen LogP) is 2.75. The summed E-state index contributed by atoms with van der Waals surface area (Å²) in [5.74, 6) is -1.45. The van der Waals surface area contributed by atoms with E-state index in [0.717, 1.165) is 12.1 Å². The van der Waals surface area contributed by atoms with Crippen molar-refractivity contribution < 1.29 is 8.78 Å². The molecular weight excluding hydrogens is 210 g/mol. The highest BCUT2D eigenvalue weighted by Gasteiger charge is 2.10. The van der Waals surface area contributed by atoms with E-state index in [1.165, 1.54) is 6.20 Å². The van der Waals surface area contributed by atoms with Crippen molar-refractivity contribution >= 4 is 28.2 Å². The van der Waals surface area contributed by atoms with E-state index in [2.05, 4.69) is 4.98 Å². The maximum atomic E-state index is 13.3. The van der Waals surface area contributed by atoms with Gasteiger partial charge in [0.2, 0.25) is 0 Å². The summed E-state index contributed by atoms with van der Waals surface area (Å²) < 4.78 is 26.0. The van der Waals surface area contributed by atoms with E-state index in [4.69, 9.17) is 17.3 Å². The first-order valence-corrected chi connectivity index (χ1v) is 4.16. The summed E-state index contributed by atoms with van der Waals surface area (Å²) in [7, 11) is 0. The molecule has 0 amide bonds. The van der Waals surface area contributed by atoms with Gasteiger partial charge in [-0.15, -0.1) is 0 Å². The minimum Gasteiger partial charge on any atom is -0.396 e. The third-order valence-corrected chi connectivity index (χ3v) is 2.26. The van der Waals surface area contributed by atoms with E-state index in [1.54, 1.807) is 0 Å². The molecule has 0 bridgehead atoms. The highest BCUT2D eigenvalue weighted by Crippen LogP contribution is 2.29. The van der Waals surface area contributed by atoms with Gasteiger partial charge in [-0.2, -0.15) is 0 Å². The lowest BCUT2D eigenvalue weighted by molar-refractivity contribution is 0.591. The van der Waals surface area contributed by atoms with Crippen LogP contribution >= 0.6 is 11.6 Å². The molecule has 0 fully saturated rings. The number of benzene rings is 1. The fourth-order valence-corrected chi connectivity index (χ4v) is 1.46. The van der Waals surface area contributed by atoms with E-state index in [9.17, 15) is 8.78 Å². The van der Waals surface area contributed by atoms with Crippen molar-refractivity contribution in [1.82, 2.24) is 4.98 Å². The molecule has 1 heterocycles. The van der Waals surface area contributed by atoms with Gasteiger partial charge in [0.15, 0.2) is 0 Å². The maximum Gasteiger partial charge on any atom is 0.137 e. The van der Waals surface area contributed by atoms with E-state index >= 15 is 0 Å². The fourth-order valence-electron chi connectivity index (χ4n) is 1.22. The minimum atomic E-state index is -0.759. The van der Waals surface area contributed by atoms with Crippen molar-refractivity contribution in [3.63, 3.8) is 0 Å². The Morgan fingerprint density at radius 2 is 2.00 bits per heavy atom. The van der Waals surface area contributed by atoms with Gasteiger partial charge < -0.3 is 5.73 Å². The van der Waals surface area contributed by atoms with Gasteiger partial charge in [-0.05, 0) is 0 Å². The number of nitrogens with two attached hydrogens (primary N) is 1. The van der Waals surface area contributed by atoms with E-state index in [0.29, 0.717) is 0 Å². The molecule has 0 saturated carbocycles. The predicted molar refractivity (Wildman–Crippen MR) is 51.1 cm³/mol. The molecule has 2 rings (SSSR count). The molecule has 1 aromatic carbocycles. The molecule has 2 nitrogen and oxygen atoms in total. The summed E-state index contributed by atoms with van der Waals surface area (Å²) in [6, 6.07) is 1.85.